The molecule has 0 aromatic carbocycles. The fourth-order valence-corrected chi connectivity index (χ4v) is 10.1. The van der Waals surface area contributed by atoms with Crippen LogP contribution < -0.4 is 0 Å². The zero-order valence-corrected chi connectivity index (χ0v) is 32.2. The molecule has 0 heterocycles. The SMILES string of the molecule is C[Si](C(C)(C)C)C(C)(C)C.C[Si](C(C)(C)C)C(C)(C)C.C[Si](C(C)(C)C)C(C)(C)C.[GeH2]. The van der Waals surface area contributed by atoms with Crippen LogP contribution in [0.2, 0.25) is 49.9 Å². The Kier molecular flexibility index (Phi) is 16.9. The number of rotatable bonds is 0. The molecule has 0 aliphatic rings. The molecule has 0 saturated carbocycles. The van der Waals surface area contributed by atoms with Crippen molar-refractivity contribution in [3.05, 3.63) is 0 Å². The molecule has 0 fully saturated rings. The van der Waals surface area contributed by atoms with Gasteiger partial charge in [0.25, 0.3) is 0 Å². The summed E-state index contributed by atoms with van der Waals surface area (Å²) in [6, 6.07) is 0. The van der Waals surface area contributed by atoms with E-state index in [9.17, 15) is 0 Å². The molecular formula is C27H65GeSi3. The third kappa shape index (κ3) is 19.2. The topological polar surface area (TPSA) is 0 Å². The molecule has 0 aromatic heterocycles. The molecule has 0 saturated heterocycles. The summed E-state index contributed by atoms with van der Waals surface area (Å²) in [5.74, 6) is 0. The normalized spacial score (nSPS) is 13.9. The van der Waals surface area contributed by atoms with Crippen molar-refractivity contribution in [2.45, 2.75) is 174 Å². The van der Waals surface area contributed by atoms with Gasteiger partial charge in [-0.1, -0.05) is 144 Å². The predicted octanol–water partition coefficient (Wildman–Crippen LogP) is 10.2. The molecule has 0 unspecified atom stereocenters. The second kappa shape index (κ2) is 13.3. The first-order chi connectivity index (χ1) is 12.5. The van der Waals surface area contributed by atoms with Crippen LogP contribution in [0.1, 0.15) is 125 Å². The summed E-state index contributed by atoms with van der Waals surface area (Å²) in [6.07, 6.45) is 0. The molecule has 0 amide bonds. The molecule has 189 valence electrons. The zero-order valence-electron chi connectivity index (χ0n) is 26.2. The van der Waals surface area contributed by atoms with E-state index in [0.29, 0.717) is 30.2 Å². The molecule has 0 bridgehead atoms. The van der Waals surface area contributed by atoms with Crippen LogP contribution >= 0.6 is 0 Å². The van der Waals surface area contributed by atoms with Gasteiger partial charge in [-0.3, -0.25) is 0 Å². The minimum absolute atomic E-state index is 0. The summed E-state index contributed by atoms with van der Waals surface area (Å²) < 4.78 is 0. The van der Waals surface area contributed by atoms with Gasteiger partial charge in [0.05, 0.1) is 26.4 Å². The summed E-state index contributed by atoms with van der Waals surface area (Å²) >= 11 is 0. The van der Waals surface area contributed by atoms with Gasteiger partial charge in [0, 0.05) is 0 Å². The van der Waals surface area contributed by atoms with Gasteiger partial charge in [-0.2, -0.15) is 0 Å². The Labute approximate surface area is 217 Å². The van der Waals surface area contributed by atoms with Crippen molar-refractivity contribution in [2.75, 3.05) is 0 Å². The average Bonchev–Trinajstić information content (AvgIpc) is 2.40. The molecule has 0 aromatic rings. The summed E-state index contributed by atoms with van der Waals surface area (Å²) in [4.78, 5) is 0. The quantitative estimate of drug-likeness (QED) is 0.265. The molecule has 0 spiro atoms. The maximum atomic E-state index is 2.44. The van der Waals surface area contributed by atoms with E-state index in [2.05, 4.69) is 144 Å². The third-order valence-electron chi connectivity index (χ3n) is 6.75. The standard InChI is InChI=1S/3C9H21Si.GeH2/c3*1-8(2,3)10(7)9(4,5)6;/h3*1-7H3;1H2. The van der Waals surface area contributed by atoms with Crippen molar-refractivity contribution in [1.82, 2.24) is 0 Å². The first-order valence-electron chi connectivity index (χ1n) is 12.0. The molecule has 0 rings (SSSR count). The Hall–Kier alpha value is 1.19. The van der Waals surface area contributed by atoms with Crippen LogP contribution in [0.3, 0.4) is 0 Å². The predicted molar refractivity (Wildman–Crippen MR) is 162 cm³/mol. The molecule has 5 radical (unpaired) electrons. The van der Waals surface area contributed by atoms with Crippen molar-refractivity contribution in [2.24, 2.45) is 0 Å². The molecule has 0 aliphatic carbocycles. The van der Waals surface area contributed by atoms with Gasteiger partial charge in [0.1, 0.15) is 0 Å². The van der Waals surface area contributed by atoms with Gasteiger partial charge in [0.15, 0.2) is 0 Å². The molecule has 0 atom stereocenters. The maximum absolute atomic E-state index is 2.44. The van der Waals surface area contributed by atoms with Gasteiger partial charge in [-0.05, 0) is 30.2 Å². The zero-order chi connectivity index (χ0) is 25.7. The van der Waals surface area contributed by atoms with Crippen LogP contribution in [0.5, 0.6) is 0 Å². The monoisotopic (exact) mass is 547 g/mol. The van der Waals surface area contributed by atoms with E-state index in [4.69, 9.17) is 0 Å². The van der Waals surface area contributed by atoms with Crippen molar-refractivity contribution in [1.29, 1.82) is 0 Å². The third-order valence-corrected chi connectivity index (χ3v) is 20.2. The molecular weight excluding hydrogens is 481 g/mol. The molecule has 4 heteroatoms. The van der Waals surface area contributed by atoms with Crippen molar-refractivity contribution in [3.8, 4) is 0 Å². The van der Waals surface area contributed by atoms with E-state index in [-0.39, 0.29) is 44.0 Å². The Balaban J connectivity index is -0.000000174. The van der Waals surface area contributed by atoms with Crippen molar-refractivity contribution >= 4 is 44.0 Å². The van der Waals surface area contributed by atoms with Gasteiger partial charge in [-0.25, -0.2) is 0 Å². The Morgan fingerprint density at radius 1 is 0.258 bits per heavy atom. The second-order valence-electron chi connectivity index (χ2n) is 15.4. The van der Waals surface area contributed by atoms with Crippen molar-refractivity contribution in [3.63, 3.8) is 0 Å². The molecule has 31 heavy (non-hydrogen) atoms. The van der Waals surface area contributed by atoms with E-state index in [1.54, 1.807) is 0 Å². The molecule has 0 nitrogen and oxygen atoms in total. The first-order valence-corrected chi connectivity index (χ1v) is 18.0. The fraction of sp³-hybridized carbons (Fsp3) is 1.00. The number of hydrogen-bond donors (Lipinski definition) is 0. The first kappa shape index (κ1) is 39.4. The van der Waals surface area contributed by atoms with Crippen LogP contribution in [0.4, 0.5) is 0 Å². The van der Waals surface area contributed by atoms with Gasteiger partial charge in [0.2, 0.25) is 0 Å². The Bertz CT molecular complexity index is 344. The van der Waals surface area contributed by atoms with E-state index < -0.39 is 0 Å². The van der Waals surface area contributed by atoms with Gasteiger partial charge < -0.3 is 0 Å². The summed E-state index contributed by atoms with van der Waals surface area (Å²) in [5, 5.41) is 3.27. The Morgan fingerprint density at radius 2 is 0.323 bits per heavy atom. The fourth-order valence-electron chi connectivity index (χ4n) is 3.38. The van der Waals surface area contributed by atoms with Crippen LogP contribution in [0.25, 0.3) is 0 Å². The molecule has 0 N–H and O–H groups in total. The Morgan fingerprint density at radius 3 is 0.323 bits per heavy atom. The van der Waals surface area contributed by atoms with Crippen LogP contribution in [0, 0.1) is 0 Å². The van der Waals surface area contributed by atoms with E-state index >= 15 is 0 Å². The van der Waals surface area contributed by atoms with Crippen molar-refractivity contribution < 1.29 is 0 Å². The second-order valence-corrected chi connectivity index (χ2v) is 28.1. The summed E-state index contributed by atoms with van der Waals surface area (Å²) in [6.45, 7) is 49.7. The van der Waals surface area contributed by atoms with Gasteiger partial charge in [-0.15, -0.1) is 0 Å². The van der Waals surface area contributed by atoms with Crippen LogP contribution in [0.15, 0.2) is 0 Å². The molecule has 0 aliphatic heterocycles. The van der Waals surface area contributed by atoms with E-state index in [1.165, 1.54) is 0 Å². The summed E-state index contributed by atoms with van der Waals surface area (Å²) in [7, 11) is -0.662. The minimum atomic E-state index is -0.221. The van der Waals surface area contributed by atoms with E-state index in [1.807, 2.05) is 0 Å². The van der Waals surface area contributed by atoms with E-state index in [0.717, 1.165) is 0 Å². The van der Waals surface area contributed by atoms with Crippen LogP contribution in [-0.4, -0.2) is 44.0 Å². The summed E-state index contributed by atoms with van der Waals surface area (Å²) in [5.41, 5.74) is 0. The van der Waals surface area contributed by atoms with Crippen LogP contribution in [-0.2, 0) is 0 Å². The number of hydrogen-bond acceptors (Lipinski definition) is 0. The van der Waals surface area contributed by atoms with Gasteiger partial charge >= 0.3 is 17.6 Å². The average molecular weight is 547 g/mol.